The van der Waals surface area contributed by atoms with Gasteiger partial charge in [-0.2, -0.15) is 5.10 Å². The number of para-hydroxylation sites is 1. The Kier molecular flexibility index (Phi) is 3.65. The molecule has 2 heterocycles. The fourth-order valence-corrected chi connectivity index (χ4v) is 3.03. The molecule has 1 aromatic heterocycles. The zero-order chi connectivity index (χ0) is 15.0. The Morgan fingerprint density at radius 2 is 2.24 bits per heavy atom. The van der Waals surface area contributed by atoms with Gasteiger partial charge in [-0.05, 0) is 6.07 Å². The Balaban J connectivity index is 1.89. The van der Waals surface area contributed by atoms with E-state index >= 15 is 0 Å². The van der Waals surface area contributed by atoms with Gasteiger partial charge < -0.3 is 9.84 Å². The second-order valence-corrected chi connectivity index (χ2v) is 5.45. The van der Waals surface area contributed by atoms with E-state index in [9.17, 15) is 9.90 Å². The molecule has 2 aromatic rings. The maximum atomic E-state index is 11.8. The molecule has 1 aliphatic heterocycles. The monoisotopic (exact) mass is 289 g/mol. The standard InChI is InChI=1S/C15H19N3O3/c1-17-13-6-4-3-5-11(13)12(16-17)9-18-8-10(19)7-14(18)15(20)21-2/h3-6,10,14,19H,7-9H2,1-2H3. The number of esters is 1. The maximum Gasteiger partial charge on any atom is 0.323 e. The maximum absolute atomic E-state index is 11.8. The second-order valence-electron chi connectivity index (χ2n) is 5.45. The van der Waals surface area contributed by atoms with Crippen LogP contribution in [-0.4, -0.2) is 51.6 Å². The normalized spacial score (nSPS) is 22.8. The average Bonchev–Trinajstić information content (AvgIpc) is 3.00. The third-order valence-electron chi connectivity index (χ3n) is 4.04. The van der Waals surface area contributed by atoms with E-state index in [2.05, 4.69) is 5.10 Å². The number of aryl methyl sites for hydroxylation is 1. The van der Waals surface area contributed by atoms with E-state index in [1.54, 1.807) is 0 Å². The number of likely N-dealkylation sites (tertiary alicyclic amines) is 1. The molecule has 3 rings (SSSR count). The Morgan fingerprint density at radius 1 is 1.48 bits per heavy atom. The van der Waals surface area contributed by atoms with Gasteiger partial charge in [0.05, 0.1) is 24.4 Å². The number of β-amino-alcohol motifs (C(OH)–C–C–N with tert-alkyl or cyclic N) is 1. The van der Waals surface area contributed by atoms with Gasteiger partial charge in [-0.25, -0.2) is 0 Å². The summed E-state index contributed by atoms with van der Waals surface area (Å²) in [6, 6.07) is 7.60. The van der Waals surface area contributed by atoms with Crippen molar-refractivity contribution in [3.8, 4) is 0 Å². The van der Waals surface area contributed by atoms with Gasteiger partial charge in [-0.1, -0.05) is 18.2 Å². The molecule has 0 aliphatic carbocycles. The van der Waals surface area contributed by atoms with Crippen molar-refractivity contribution in [2.45, 2.75) is 25.1 Å². The molecule has 21 heavy (non-hydrogen) atoms. The van der Waals surface area contributed by atoms with E-state index in [1.807, 2.05) is 40.9 Å². The molecule has 2 atom stereocenters. The van der Waals surface area contributed by atoms with Crippen LogP contribution in [0, 0.1) is 0 Å². The molecule has 112 valence electrons. The highest BCUT2D eigenvalue weighted by atomic mass is 16.5. The molecule has 1 N–H and O–H groups in total. The van der Waals surface area contributed by atoms with Crippen molar-refractivity contribution in [2.24, 2.45) is 7.05 Å². The number of ether oxygens (including phenoxy) is 1. The van der Waals surface area contributed by atoms with Crippen molar-refractivity contribution in [1.82, 2.24) is 14.7 Å². The highest BCUT2D eigenvalue weighted by Crippen LogP contribution is 2.24. The smallest absolute Gasteiger partial charge is 0.323 e. The minimum absolute atomic E-state index is 0.299. The van der Waals surface area contributed by atoms with Crippen molar-refractivity contribution >= 4 is 16.9 Å². The van der Waals surface area contributed by atoms with Crippen LogP contribution in [0.3, 0.4) is 0 Å². The van der Waals surface area contributed by atoms with Gasteiger partial charge in [0.25, 0.3) is 0 Å². The lowest BCUT2D eigenvalue weighted by molar-refractivity contribution is -0.146. The van der Waals surface area contributed by atoms with Gasteiger partial charge in [0.1, 0.15) is 6.04 Å². The van der Waals surface area contributed by atoms with Crippen LogP contribution in [0.25, 0.3) is 10.9 Å². The molecule has 0 amide bonds. The molecule has 0 bridgehead atoms. The SMILES string of the molecule is COC(=O)C1CC(O)CN1Cc1nn(C)c2ccccc12. The van der Waals surface area contributed by atoms with Gasteiger partial charge in [0, 0.05) is 31.9 Å². The zero-order valence-electron chi connectivity index (χ0n) is 12.2. The van der Waals surface area contributed by atoms with Gasteiger partial charge in [0.2, 0.25) is 0 Å². The highest BCUT2D eigenvalue weighted by Gasteiger charge is 2.37. The number of fused-ring (bicyclic) bond motifs is 1. The summed E-state index contributed by atoms with van der Waals surface area (Å²) in [6.45, 7) is 0.989. The number of hydrogen-bond acceptors (Lipinski definition) is 5. The molecule has 1 saturated heterocycles. The van der Waals surface area contributed by atoms with E-state index in [-0.39, 0.29) is 5.97 Å². The molecular weight excluding hydrogens is 270 g/mol. The lowest BCUT2D eigenvalue weighted by atomic mass is 10.2. The first-order valence-electron chi connectivity index (χ1n) is 7.00. The molecule has 1 aliphatic rings. The summed E-state index contributed by atoms with van der Waals surface area (Å²) in [5, 5.41) is 15.4. The second kappa shape index (κ2) is 5.46. The minimum Gasteiger partial charge on any atom is -0.468 e. The van der Waals surface area contributed by atoms with Crippen LogP contribution in [-0.2, 0) is 23.1 Å². The van der Waals surface area contributed by atoms with Crippen LogP contribution in [0.4, 0.5) is 0 Å². The minimum atomic E-state index is -0.496. The average molecular weight is 289 g/mol. The molecular formula is C15H19N3O3. The van der Waals surface area contributed by atoms with Crippen LogP contribution in [0.2, 0.25) is 0 Å². The Labute approximate surface area is 122 Å². The van der Waals surface area contributed by atoms with E-state index in [0.29, 0.717) is 19.5 Å². The first kappa shape index (κ1) is 14.0. The number of carbonyl (C=O) groups is 1. The Morgan fingerprint density at radius 3 is 3.00 bits per heavy atom. The number of rotatable bonds is 3. The molecule has 6 nitrogen and oxygen atoms in total. The van der Waals surface area contributed by atoms with Crippen LogP contribution in [0.15, 0.2) is 24.3 Å². The molecule has 1 fully saturated rings. The quantitative estimate of drug-likeness (QED) is 0.842. The zero-order valence-corrected chi connectivity index (χ0v) is 12.2. The number of aromatic nitrogens is 2. The van der Waals surface area contributed by atoms with Gasteiger partial charge in [0.15, 0.2) is 0 Å². The number of carbonyl (C=O) groups excluding carboxylic acids is 1. The van der Waals surface area contributed by atoms with Crippen molar-refractivity contribution in [2.75, 3.05) is 13.7 Å². The first-order chi connectivity index (χ1) is 10.1. The third kappa shape index (κ3) is 2.52. The number of benzene rings is 1. The van der Waals surface area contributed by atoms with Crippen molar-refractivity contribution in [3.63, 3.8) is 0 Å². The van der Waals surface area contributed by atoms with Crippen LogP contribution in [0.1, 0.15) is 12.1 Å². The van der Waals surface area contributed by atoms with Crippen molar-refractivity contribution in [3.05, 3.63) is 30.0 Å². The van der Waals surface area contributed by atoms with Gasteiger partial charge >= 0.3 is 5.97 Å². The van der Waals surface area contributed by atoms with Crippen LogP contribution in [0.5, 0.6) is 0 Å². The number of nitrogens with zero attached hydrogens (tertiary/aromatic N) is 3. The molecule has 6 heteroatoms. The van der Waals surface area contributed by atoms with E-state index in [1.165, 1.54) is 7.11 Å². The molecule has 1 aromatic carbocycles. The predicted octanol–water partition coefficient (Wildman–Crippen LogP) is 0.681. The number of methoxy groups -OCH3 is 1. The summed E-state index contributed by atoms with van der Waals surface area (Å²) >= 11 is 0. The molecule has 0 spiro atoms. The number of aliphatic hydroxyl groups is 1. The van der Waals surface area contributed by atoms with E-state index in [0.717, 1.165) is 16.6 Å². The summed E-state index contributed by atoms with van der Waals surface area (Å²) in [5.74, 6) is -0.299. The first-order valence-corrected chi connectivity index (χ1v) is 7.00. The summed E-state index contributed by atoms with van der Waals surface area (Å²) in [7, 11) is 3.28. The summed E-state index contributed by atoms with van der Waals surface area (Å²) in [5.41, 5.74) is 1.97. The summed E-state index contributed by atoms with van der Waals surface area (Å²) < 4.78 is 6.66. The van der Waals surface area contributed by atoms with Gasteiger partial charge in [-0.3, -0.25) is 14.4 Å². The van der Waals surface area contributed by atoms with Crippen molar-refractivity contribution in [1.29, 1.82) is 0 Å². The topological polar surface area (TPSA) is 67.6 Å². The molecule has 0 saturated carbocycles. The number of aliphatic hydroxyl groups excluding tert-OH is 1. The molecule has 2 unspecified atom stereocenters. The van der Waals surface area contributed by atoms with E-state index in [4.69, 9.17) is 4.74 Å². The summed E-state index contributed by atoms with van der Waals surface area (Å²) in [4.78, 5) is 13.8. The Bertz CT molecular complexity index is 667. The van der Waals surface area contributed by atoms with Gasteiger partial charge in [-0.15, -0.1) is 0 Å². The van der Waals surface area contributed by atoms with Crippen molar-refractivity contribution < 1.29 is 14.6 Å². The Hall–Kier alpha value is -1.92. The van der Waals surface area contributed by atoms with E-state index < -0.39 is 12.1 Å². The third-order valence-corrected chi connectivity index (χ3v) is 4.04. The summed E-state index contributed by atoms with van der Waals surface area (Å²) in [6.07, 6.45) is -0.0821. The molecule has 0 radical (unpaired) electrons. The highest BCUT2D eigenvalue weighted by molar-refractivity contribution is 5.82. The number of hydrogen-bond donors (Lipinski definition) is 1. The fraction of sp³-hybridized carbons (Fsp3) is 0.467. The van der Waals surface area contributed by atoms with Crippen LogP contribution >= 0.6 is 0 Å². The lowest BCUT2D eigenvalue weighted by Gasteiger charge is -2.20. The predicted molar refractivity (Wildman–Crippen MR) is 77.6 cm³/mol. The fourth-order valence-electron chi connectivity index (χ4n) is 3.03. The lowest BCUT2D eigenvalue weighted by Crippen LogP contribution is -2.36. The largest absolute Gasteiger partial charge is 0.468 e. The van der Waals surface area contributed by atoms with Crippen LogP contribution < -0.4 is 0 Å².